The van der Waals surface area contributed by atoms with Crippen molar-refractivity contribution in [3.8, 4) is 0 Å². The van der Waals surface area contributed by atoms with Crippen molar-refractivity contribution < 1.29 is 26.8 Å². The van der Waals surface area contributed by atoms with Gasteiger partial charge in [0.05, 0.1) is 19.3 Å². The van der Waals surface area contributed by atoms with Crippen molar-refractivity contribution in [3.05, 3.63) is 42.7 Å². The van der Waals surface area contributed by atoms with Gasteiger partial charge in [-0.25, -0.2) is 13.5 Å². The van der Waals surface area contributed by atoms with Crippen molar-refractivity contribution in [1.82, 2.24) is 4.57 Å². The number of hydrogen-bond donors (Lipinski definition) is 2. The zero-order valence-corrected chi connectivity index (χ0v) is 12.1. The maximum Gasteiger partial charge on any atom is 0.243 e. The predicted molar refractivity (Wildman–Crippen MR) is 73.1 cm³/mol. The van der Waals surface area contributed by atoms with E-state index in [9.17, 15) is 4.39 Å². The van der Waals surface area contributed by atoms with Crippen LogP contribution in [0, 0.1) is 5.82 Å². The van der Waals surface area contributed by atoms with E-state index >= 15 is 0 Å². The Kier molecular flexibility index (Phi) is 7.64. The molecule has 1 aromatic heterocycles. The molecule has 0 spiro atoms. The number of aryl methyl sites for hydroxylation is 2. The van der Waals surface area contributed by atoms with E-state index in [0.29, 0.717) is 11.4 Å². The third-order valence-corrected chi connectivity index (χ3v) is 2.73. The molecule has 2 aromatic rings. The smallest absolute Gasteiger partial charge is 0.243 e. The first-order valence-corrected chi connectivity index (χ1v) is 5.95. The van der Waals surface area contributed by atoms with Crippen LogP contribution >= 0.6 is 0 Å². The number of hydrogen-bond acceptors (Lipinski definition) is 2. The van der Waals surface area contributed by atoms with E-state index in [1.165, 1.54) is 6.07 Å². The van der Waals surface area contributed by atoms with Crippen LogP contribution in [0.25, 0.3) is 0 Å². The SMILES string of the molecule is C[n+]1ccn(CCCNc2ccc(N)cc2F)c1.O.[Cl-]. The zero-order chi connectivity index (χ0) is 13.0. The summed E-state index contributed by atoms with van der Waals surface area (Å²) in [5.41, 5.74) is 6.43. The first kappa shape index (κ1) is 18.2. The molecule has 0 aliphatic heterocycles. The minimum absolute atomic E-state index is 0. The van der Waals surface area contributed by atoms with Gasteiger partial charge in [-0.1, -0.05) is 0 Å². The molecule has 0 fully saturated rings. The van der Waals surface area contributed by atoms with Crippen LogP contribution in [0.1, 0.15) is 6.42 Å². The average Bonchev–Trinajstić information content (AvgIpc) is 2.73. The van der Waals surface area contributed by atoms with Crippen LogP contribution in [-0.4, -0.2) is 16.6 Å². The Labute approximate surface area is 123 Å². The fourth-order valence-electron chi connectivity index (χ4n) is 1.79. The summed E-state index contributed by atoms with van der Waals surface area (Å²) < 4.78 is 17.5. The van der Waals surface area contributed by atoms with Crippen molar-refractivity contribution in [1.29, 1.82) is 0 Å². The van der Waals surface area contributed by atoms with Crippen molar-refractivity contribution in [2.24, 2.45) is 7.05 Å². The van der Waals surface area contributed by atoms with Crippen molar-refractivity contribution >= 4 is 11.4 Å². The van der Waals surface area contributed by atoms with E-state index < -0.39 is 0 Å². The van der Waals surface area contributed by atoms with E-state index in [4.69, 9.17) is 5.73 Å². The van der Waals surface area contributed by atoms with Gasteiger partial charge in [-0.15, -0.1) is 0 Å². The molecule has 1 heterocycles. The lowest BCUT2D eigenvalue weighted by Crippen LogP contribution is -3.00. The number of rotatable bonds is 5. The Morgan fingerprint density at radius 3 is 2.75 bits per heavy atom. The average molecular weight is 303 g/mol. The molecular weight excluding hydrogens is 283 g/mol. The monoisotopic (exact) mass is 302 g/mol. The van der Waals surface area contributed by atoms with Crippen LogP contribution in [0.4, 0.5) is 15.8 Å². The minimum atomic E-state index is -0.303. The summed E-state index contributed by atoms with van der Waals surface area (Å²) in [7, 11) is 1.98. The number of benzene rings is 1. The fourth-order valence-corrected chi connectivity index (χ4v) is 1.79. The maximum absolute atomic E-state index is 13.5. The van der Waals surface area contributed by atoms with Gasteiger partial charge in [0.25, 0.3) is 0 Å². The number of nitrogens with two attached hydrogens (primary N) is 1. The highest BCUT2D eigenvalue weighted by atomic mass is 35.5. The number of halogens is 2. The van der Waals surface area contributed by atoms with Crippen LogP contribution in [0.15, 0.2) is 36.9 Å². The number of imidazole rings is 1. The lowest BCUT2D eigenvalue weighted by atomic mass is 10.2. The highest BCUT2D eigenvalue weighted by molar-refractivity contribution is 5.52. The molecule has 0 bridgehead atoms. The Bertz CT molecular complexity index is 533. The van der Waals surface area contributed by atoms with Gasteiger partial charge in [0.1, 0.15) is 18.2 Å². The second-order valence-corrected chi connectivity index (χ2v) is 4.34. The number of nitrogen functional groups attached to an aromatic ring is 1. The summed E-state index contributed by atoms with van der Waals surface area (Å²) in [5.74, 6) is -0.303. The second kappa shape index (κ2) is 8.39. The Morgan fingerprint density at radius 1 is 1.40 bits per heavy atom. The van der Waals surface area contributed by atoms with Crippen molar-refractivity contribution in [2.75, 3.05) is 17.6 Å². The summed E-state index contributed by atoms with van der Waals surface area (Å²) in [5, 5.41) is 3.07. The molecule has 0 aliphatic carbocycles. The molecule has 0 aliphatic rings. The summed E-state index contributed by atoms with van der Waals surface area (Å²) >= 11 is 0. The van der Waals surface area contributed by atoms with Crippen LogP contribution in [-0.2, 0) is 13.6 Å². The molecule has 5 N–H and O–H groups in total. The van der Waals surface area contributed by atoms with E-state index in [1.807, 2.05) is 30.3 Å². The molecule has 2 rings (SSSR count). The van der Waals surface area contributed by atoms with Crippen LogP contribution in [0.2, 0.25) is 0 Å². The molecular formula is C13H20ClFN4O. The van der Waals surface area contributed by atoms with Gasteiger partial charge in [0.2, 0.25) is 6.33 Å². The molecule has 0 amide bonds. The highest BCUT2D eigenvalue weighted by Crippen LogP contribution is 2.16. The lowest BCUT2D eigenvalue weighted by molar-refractivity contribution is -0.671. The molecule has 1 aromatic carbocycles. The van der Waals surface area contributed by atoms with Gasteiger partial charge < -0.3 is 28.9 Å². The summed E-state index contributed by atoms with van der Waals surface area (Å²) in [6.07, 6.45) is 6.96. The van der Waals surface area contributed by atoms with Crippen LogP contribution in [0.5, 0.6) is 0 Å². The zero-order valence-electron chi connectivity index (χ0n) is 11.3. The molecule has 0 radical (unpaired) electrons. The first-order valence-electron chi connectivity index (χ1n) is 5.95. The summed E-state index contributed by atoms with van der Waals surface area (Å²) in [6.45, 7) is 1.63. The standard InChI is InChI=1S/C13H18FN4.ClH.H2O/c1-17-7-8-18(10-17)6-2-5-16-13-4-3-11(15)9-12(13)14;;/h3-4,7-10,16H,2,5-6,15H2,1H3;1H;1H2/q+1;;/p-1. The molecule has 0 atom stereocenters. The third-order valence-electron chi connectivity index (χ3n) is 2.73. The van der Waals surface area contributed by atoms with Gasteiger partial charge in [-0.05, 0) is 18.2 Å². The van der Waals surface area contributed by atoms with Gasteiger partial charge in [-0.2, -0.15) is 0 Å². The summed E-state index contributed by atoms with van der Waals surface area (Å²) in [6, 6.07) is 4.69. The van der Waals surface area contributed by atoms with E-state index in [1.54, 1.807) is 12.1 Å². The Balaban J connectivity index is 0.00000180. The van der Waals surface area contributed by atoms with Gasteiger partial charge >= 0.3 is 0 Å². The summed E-state index contributed by atoms with van der Waals surface area (Å²) in [4.78, 5) is 0. The highest BCUT2D eigenvalue weighted by Gasteiger charge is 2.02. The van der Waals surface area contributed by atoms with Gasteiger partial charge in [0, 0.05) is 18.7 Å². The van der Waals surface area contributed by atoms with Crippen molar-refractivity contribution in [2.45, 2.75) is 13.0 Å². The minimum Gasteiger partial charge on any atom is -1.00 e. The molecule has 112 valence electrons. The van der Waals surface area contributed by atoms with E-state index in [2.05, 4.69) is 9.88 Å². The first-order chi connectivity index (χ1) is 8.65. The number of nitrogens with one attached hydrogen (secondary N) is 1. The van der Waals surface area contributed by atoms with Gasteiger partial charge in [0.15, 0.2) is 0 Å². The van der Waals surface area contributed by atoms with Crippen LogP contribution < -0.4 is 28.0 Å². The topological polar surface area (TPSA) is 78.4 Å². The Morgan fingerprint density at radius 2 is 2.15 bits per heavy atom. The van der Waals surface area contributed by atoms with Crippen molar-refractivity contribution in [3.63, 3.8) is 0 Å². The molecule has 0 saturated carbocycles. The Hall–Kier alpha value is -1.79. The third kappa shape index (κ3) is 5.07. The second-order valence-electron chi connectivity index (χ2n) is 4.34. The quantitative estimate of drug-likeness (QED) is 0.371. The van der Waals surface area contributed by atoms with E-state index in [-0.39, 0.29) is 23.7 Å². The number of nitrogens with zero attached hydrogens (tertiary/aromatic N) is 2. The molecule has 7 heteroatoms. The largest absolute Gasteiger partial charge is 1.00 e. The van der Waals surface area contributed by atoms with Gasteiger partial charge in [-0.3, -0.25) is 0 Å². The molecule has 0 unspecified atom stereocenters. The normalized spacial score (nSPS) is 9.50. The number of aromatic nitrogens is 2. The number of anilines is 2. The molecule has 5 nitrogen and oxygen atoms in total. The lowest BCUT2D eigenvalue weighted by Gasteiger charge is -2.07. The fraction of sp³-hybridized carbons (Fsp3) is 0.308. The molecule has 0 saturated heterocycles. The maximum atomic E-state index is 13.5. The predicted octanol–water partition coefficient (Wildman–Crippen LogP) is -2.28. The van der Waals surface area contributed by atoms with Crippen LogP contribution in [0.3, 0.4) is 0 Å². The molecule has 20 heavy (non-hydrogen) atoms. The van der Waals surface area contributed by atoms with E-state index in [0.717, 1.165) is 19.5 Å².